The van der Waals surface area contributed by atoms with Gasteiger partial charge in [-0.3, -0.25) is 0 Å². The zero-order valence-electron chi connectivity index (χ0n) is 7.88. The minimum absolute atomic E-state index is 0.347. The average molecular weight is 197 g/mol. The molecular formula is C11H8BNO2. The van der Waals surface area contributed by atoms with Crippen LogP contribution < -0.4 is 5.46 Å². The Morgan fingerprint density at radius 3 is 2.53 bits per heavy atom. The highest BCUT2D eigenvalue weighted by molar-refractivity contribution is 6.59. The highest BCUT2D eigenvalue weighted by atomic mass is 16.4. The van der Waals surface area contributed by atoms with Gasteiger partial charge in [0.05, 0.1) is 6.57 Å². The maximum Gasteiger partial charge on any atom is 0.487 e. The van der Waals surface area contributed by atoms with Gasteiger partial charge in [0.1, 0.15) is 0 Å². The fourth-order valence-corrected chi connectivity index (χ4v) is 1.55. The highest BCUT2D eigenvalue weighted by Gasteiger charge is 2.13. The van der Waals surface area contributed by atoms with Crippen LogP contribution >= 0.6 is 0 Å². The van der Waals surface area contributed by atoms with E-state index in [9.17, 15) is 0 Å². The summed E-state index contributed by atoms with van der Waals surface area (Å²) in [5, 5.41) is 19.8. The van der Waals surface area contributed by atoms with Crippen molar-refractivity contribution in [1.82, 2.24) is 0 Å². The summed E-state index contributed by atoms with van der Waals surface area (Å²) in [5.41, 5.74) is 0.788. The van der Waals surface area contributed by atoms with Crippen LogP contribution in [0.1, 0.15) is 0 Å². The van der Waals surface area contributed by atoms with Crippen molar-refractivity contribution in [3.05, 3.63) is 47.8 Å². The molecule has 15 heavy (non-hydrogen) atoms. The van der Waals surface area contributed by atoms with Crippen molar-refractivity contribution >= 4 is 29.0 Å². The lowest BCUT2D eigenvalue weighted by Crippen LogP contribution is -2.29. The Balaban J connectivity index is 2.78. The molecule has 0 saturated carbocycles. The van der Waals surface area contributed by atoms with Crippen LogP contribution in [-0.2, 0) is 0 Å². The van der Waals surface area contributed by atoms with E-state index < -0.39 is 7.12 Å². The Morgan fingerprint density at radius 1 is 1.13 bits per heavy atom. The lowest BCUT2D eigenvalue weighted by Gasteiger charge is -2.04. The normalized spacial score (nSPS) is 9.93. The number of hydrogen-bond acceptors (Lipinski definition) is 2. The lowest BCUT2D eigenvalue weighted by molar-refractivity contribution is 0.426. The van der Waals surface area contributed by atoms with Crippen LogP contribution in [0, 0.1) is 6.57 Å². The van der Waals surface area contributed by atoms with E-state index in [1.54, 1.807) is 6.07 Å². The first-order valence-electron chi connectivity index (χ1n) is 4.48. The molecule has 0 heterocycles. The molecule has 0 aromatic heterocycles. The van der Waals surface area contributed by atoms with Crippen molar-refractivity contribution in [3.8, 4) is 0 Å². The fourth-order valence-electron chi connectivity index (χ4n) is 1.55. The van der Waals surface area contributed by atoms with Gasteiger partial charge in [-0.05, 0) is 16.2 Å². The Kier molecular flexibility index (Phi) is 2.42. The molecule has 0 atom stereocenters. The summed E-state index contributed by atoms with van der Waals surface area (Å²) in [6.45, 7) is 7.03. The molecule has 2 aromatic carbocycles. The predicted octanol–water partition coefficient (Wildman–Crippen LogP) is 1.07. The van der Waals surface area contributed by atoms with Gasteiger partial charge in [-0.2, -0.15) is 0 Å². The molecule has 0 spiro atoms. The maximum atomic E-state index is 9.06. The molecule has 0 aliphatic carbocycles. The molecule has 0 fully saturated rings. The third kappa shape index (κ3) is 1.71. The van der Waals surface area contributed by atoms with Crippen molar-refractivity contribution in [3.63, 3.8) is 0 Å². The van der Waals surface area contributed by atoms with Crippen LogP contribution in [0.2, 0.25) is 0 Å². The van der Waals surface area contributed by atoms with E-state index in [2.05, 4.69) is 4.85 Å². The number of nitrogens with zero attached hydrogens (tertiary/aromatic N) is 1. The maximum absolute atomic E-state index is 9.06. The molecule has 2 rings (SSSR count). The molecule has 2 N–H and O–H groups in total. The summed E-state index contributed by atoms with van der Waals surface area (Å²) in [4.78, 5) is 3.37. The van der Waals surface area contributed by atoms with E-state index in [0.29, 0.717) is 11.2 Å². The van der Waals surface area contributed by atoms with Crippen LogP contribution in [0.25, 0.3) is 15.6 Å². The number of rotatable bonds is 1. The third-order valence-corrected chi connectivity index (χ3v) is 2.28. The molecule has 0 saturated heterocycles. The minimum atomic E-state index is -1.53. The SMILES string of the molecule is [C-]#[N+]c1cc(B(O)O)cc2ccccc12. The van der Waals surface area contributed by atoms with E-state index >= 15 is 0 Å². The Bertz CT molecular complexity index is 546. The zero-order chi connectivity index (χ0) is 10.8. The van der Waals surface area contributed by atoms with Gasteiger partial charge in [-0.1, -0.05) is 36.4 Å². The summed E-state index contributed by atoms with van der Waals surface area (Å²) in [5.74, 6) is 0. The Morgan fingerprint density at radius 2 is 1.87 bits per heavy atom. The topological polar surface area (TPSA) is 44.8 Å². The minimum Gasteiger partial charge on any atom is -0.423 e. The van der Waals surface area contributed by atoms with E-state index in [-0.39, 0.29) is 0 Å². The molecule has 0 unspecified atom stereocenters. The second kappa shape index (κ2) is 3.74. The predicted molar refractivity (Wildman–Crippen MR) is 60.0 cm³/mol. The molecule has 0 radical (unpaired) electrons. The quantitative estimate of drug-likeness (QED) is 0.530. The van der Waals surface area contributed by atoms with Crippen LogP contribution in [-0.4, -0.2) is 17.2 Å². The number of fused-ring (bicyclic) bond motifs is 1. The van der Waals surface area contributed by atoms with Crippen molar-refractivity contribution < 1.29 is 10.0 Å². The van der Waals surface area contributed by atoms with Crippen LogP contribution in [0.3, 0.4) is 0 Å². The largest absolute Gasteiger partial charge is 0.487 e. The van der Waals surface area contributed by atoms with Gasteiger partial charge in [0.25, 0.3) is 0 Å². The summed E-state index contributed by atoms with van der Waals surface area (Å²) in [6.07, 6.45) is 0. The van der Waals surface area contributed by atoms with Crippen molar-refractivity contribution in [2.45, 2.75) is 0 Å². The monoisotopic (exact) mass is 197 g/mol. The first-order chi connectivity index (χ1) is 7.22. The third-order valence-electron chi connectivity index (χ3n) is 2.28. The zero-order valence-corrected chi connectivity index (χ0v) is 7.88. The molecule has 0 aliphatic heterocycles. The average Bonchev–Trinajstić information content (AvgIpc) is 2.27. The summed E-state index contributed by atoms with van der Waals surface area (Å²) in [6, 6.07) is 10.6. The van der Waals surface area contributed by atoms with E-state index in [1.807, 2.05) is 24.3 Å². The van der Waals surface area contributed by atoms with Gasteiger partial charge in [-0.25, -0.2) is 4.85 Å². The fraction of sp³-hybridized carbons (Fsp3) is 0. The number of hydrogen-bond donors (Lipinski definition) is 2. The van der Waals surface area contributed by atoms with Gasteiger partial charge >= 0.3 is 7.12 Å². The second-order valence-corrected chi connectivity index (χ2v) is 3.25. The van der Waals surface area contributed by atoms with Crippen molar-refractivity contribution in [2.75, 3.05) is 0 Å². The molecule has 0 bridgehead atoms. The van der Waals surface area contributed by atoms with E-state index in [0.717, 1.165) is 10.8 Å². The molecule has 4 heteroatoms. The van der Waals surface area contributed by atoms with E-state index in [1.165, 1.54) is 6.07 Å². The van der Waals surface area contributed by atoms with Gasteiger partial charge in [0.15, 0.2) is 5.69 Å². The van der Waals surface area contributed by atoms with Crippen molar-refractivity contribution in [1.29, 1.82) is 0 Å². The molecular weight excluding hydrogens is 189 g/mol. The van der Waals surface area contributed by atoms with Gasteiger partial charge < -0.3 is 10.0 Å². The van der Waals surface area contributed by atoms with Crippen LogP contribution in [0.4, 0.5) is 5.69 Å². The molecule has 2 aromatic rings. The van der Waals surface area contributed by atoms with Gasteiger partial charge in [-0.15, -0.1) is 0 Å². The van der Waals surface area contributed by atoms with Gasteiger partial charge in [0, 0.05) is 0 Å². The second-order valence-electron chi connectivity index (χ2n) is 3.25. The van der Waals surface area contributed by atoms with Crippen molar-refractivity contribution in [2.24, 2.45) is 0 Å². The smallest absolute Gasteiger partial charge is 0.423 e. The molecule has 3 nitrogen and oxygen atoms in total. The van der Waals surface area contributed by atoms with Crippen LogP contribution in [0.5, 0.6) is 0 Å². The molecule has 0 amide bonds. The summed E-state index contributed by atoms with van der Waals surface area (Å²) < 4.78 is 0. The molecule has 72 valence electrons. The first-order valence-corrected chi connectivity index (χ1v) is 4.48. The lowest BCUT2D eigenvalue weighted by atomic mass is 9.79. The standard InChI is InChI=1S/C11H8BNO2/c1-13-11-7-9(12(14)15)6-8-4-2-3-5-10(8)11/h2-7,14-15H. The molecule has 0 aliphatic rings. The summed E-state index contributed by atoms with van der Waals surface area (Å²) >= 11 is 0. The Hall–Kier alpha value is -1.83. The Labute approximate surface area is 87.6 Å². The number of benzene rings is 2. The van der Waals surface area contributed by atoms with E-state index in [4.69, 9.17) is 16.6 Å². The van der Waals surface area contributed by atoms with Gasteiger partial charge in [0.2, 0.25) is 0 Å². The summed E-state index contributed by atoms with van der Waals surface area (Å²) in [7, 11) is -1.53. The highest BCUT2D eigenvalue weighted by Crippen LogP contribution is 2.24. The van der Waals surface area contributed by atoms with Crippen LogP contribution in [0.15, 0.2) is 36.4 Å². The first kappa shape index (κ1) is 9.72.